The number of hydrogen-bond donors (Lipinski definition) is 1. The standard InChI is InChI=1S/C8H13N3OS/c1-4-9-8-10-5-6(13-3)7(11-8)12-2/h5H,4H2,1-3H3,(H,9,10,11). The van der Waals surface area contributed by atoms with Crippen molar-refractivity contribution in [1.82, 2.24) is 9.97 Å². The smallest absolute Gasteiger partial charge is 0.231 e. The summed E-state index contributed by atoms with van der Waals surface area (Å²) in [4.78, 5) is 9.26. The number of nitrogens with one attached hydrogen (secondary N) is 1. The molecule has 0 atom stereocenters. The van der Waals surface area contributed by atoms with E-state index in [0.717, 1.165) is 11.4 Å². The fraction of sp³-hybridized carbons (Fsp3) is 0.500. The zero-order valence-corrected chi connectivity index (χ0v) is 8.81. The Labute approximate surface area is 82.1 Å². The molecule has 0 saturated heterocycles. The van der Waals surface area contributed by atoms with E-state index in [9.17, 15) is 0 Å². The van der Waals surface area contributed by atoms with Gasteiger partial charge in [0.05, 0.1) is 12.0 Å². The first-order chi connectivity index (χ1) is 6.31. The summed E-state index contributed by atoms with van der Waals surface area (Å²) in [6.07, 6.45) is 3.72. The number of hydrogen-bond acceptors (Lipinski definition) is 5. The summed E-state index contributed by atoms with van der Waals surface area (Å²) >= 11 is 1.57. The predicted octanol–water partition coefficient (Wildman–Crippen LogP) is 1.64. The van der Waals surface area contributed by atoms with Crippen LogP contribution in [0.1, 0.15) is 6.92 Å². The van der Waals surface area contributed by atoms with Gasteiger partial charge in [0, 0.05) is 12.7 Å². The van der Waals surface area contributed by atoms with Crippen LogP contribution in [-0.2, 0) is 0 Å². The molecular formula is C8H13N3OS. The van der Waals surface area contributed by atoms with Gasteiger partial charge in [-0.3, -0.25) is 0 Å². The fourth-order valence-electron chi connectivity index (χ4n) is 0.885. The molecule has 1 aromatic rings. The van der Waals surface area contributed by atoms with E-state index >= 15 is 0 Å². The largest absolute Gasteiger partial charge is 0.480 e. The van der Waals surface area contributed by atoms with Gasteiger partial charge in [-0.2, -0.15) is 4.98 Å². The molecule has 5 heteroatoms. The summed E-state index contributed by atoms with van der Waals surface area (Å²) < 4.78 is 5.11. The molecule has 0 fully saturated rings. The molecule has 0 spiro atoms. The van der Waals surface area contributed by atoms with Crippen LogP contribution in [0.25, 0.3) is 0 Å². The highest BCUT2D eigenvalue weighted by Crippen LogP contribution is 2.24. The number of anilines is 1. The summed E-state index contributed by atoms with van der Waals surface area (Å²) in [5, 5.41) is 3.02. The van der Waals surface area contributed by atoms with Crippen molar-refractivity contribution in [2.75, 3.05) is 25.2 Å². The van der Waals surface area contributed by atoms with E-state index in [-0.39, 0.29) is 0 Å². The Hall–Kier alpha value is -0.970. The van der Waals surface area contributed by atoms with E-state index in [4.69, 9.17) is 4.74 Å². The van der Waals surface area contributed by atoms with Crippen molar-refractivity contribution >= 4 is 17.7 Å². The van der Waals surface area contributed by atoms with Crippen LogP contribution in [0.15, 0.2) is 11.1 Å². The molecule has 0 aromatic carbocycles. The van der Waals surface area contributed by atoms with Gasteiger partial charge in [-0.05, 0) is 13.2 Å². The first-order valence-electron chi connectivity index (χ1n) is 4.00. The maximum Gasteiger partial charge on any atom is 0.231 e. The summed E-state index contributed by atoms with van der Waals surface area (Å²) in [6, 6.07) is 0. The van der Waals surface area contributed by atoms with Gasteiger partial charge in [-0.1, -0.05) is 0 Å². The maximum absolute atomic E-state index is 5.11. The zero-order valence-electron chi connectivity index (χ0n) is 8.00. The number of methoxy groups -OCH3 is 1. The van der Waals surface area contributed by atoms with Crippen molar-refractivity contribution in [3.63, 3.8) is 0 Å². The monoisotopic (exact) mass is 199 g/mol. The van der Waals surface area contributed by atoms with E-state index in [2.05, 4.69) is 15.3 Å². The van der Waals surface area contributed by atoms with Crippen molar-refractivity contribution in [2.45, 2.75) is 11.8 Å². The molecule has 0 aliphatic heterocycles. The van der Waals surface area contributed by atoms with Crippen molar-refractivity contribution in [1.29, 1.82) is 0 Å². The Morgan fingerprint density at radius 3 is 2.92 bits per heavy atom. The van der Waals surface area contributed by atoms with Crippen LogP contribution in [0.3, 0.4) is 0 Å². The first kappa shape index (κ1) is 10.1. The Kier molecular flexibility index (Phi) is 3.82. The summed E-state index contributed by atoms with van der Waals surface area (Å²) in [5.41, 5.74) is 0. The van der Waals surface area contributed by atoms with Crippen LogP contribution in [0, 0.1) is 0 Å². The SMILES string of the molecule is CCNc1ncc(SC)c(OC)n1. The predicted molar refractivity (Wildman–Crippen MR) is 54.5 cm³/mol. The van der Waals surface area contributed by atoms with E-state index in [1.54, 1.807) is 25.1 Å². The molecule has 1 rings (SSSR count). The molecule has 1 N–H and O–H groups in total. The molecule has 0 aliphatic carbocycles. The quantitative estimate of drug-likeness (QED) is 0.747. The second-order valence-corrected chi connectivity index (χ2v) is 3.15. The van der Waals surface area contributed by atoms with Crippen LogP contribution in [0.5, 0.6) is 5.88 Å². The van der Waals surface area contributed by atoms with Crippen molar-refractivity contribution in [2.24, 2.45) is 0 Å². The van der Waals surface area contributed by atoms with Gasteiger partial charge >= 0.3 is 0 Å². The topological polar surface area (TPSA) is 47.0 Å². The fourth-order valence-corrected chi connectivity index (χ4v) is 1.35. The molecule has 1 aromatic heterocycles. The molecule has 0 saturated carbocycles. The third-order valence-electron chi connectivity index (χ3n) is 1.47. The van der Waals surface area contributed by atoms with Crippen LogP contribution >= 0.6 is 11.8 Å². The Morgan fingerprint density at radius 2 is 2.38 bits per heavy atom. The third kappa shape index (κ3) is 2.48. The molecule has 0 amide bonds. The lowest BCUT2D eigenvalue weighted by Gasteiger charge is -2.06. The number of aromatic nitrogens is 2. The van der Waals surface area contributed by atoms with Crippen LogP contribution in [0.2, 0.25) is 0 Å². The van der Waals surface area contributed by atoms with Crippen molar-refractivity contribution in [3.05, 3.63) is 6.20 Å². The average molecular weight is 199 g/mol. The third-order valence-corrected chi connectivity index (χ3v) is 2.19. The molecule has 72 valence electrons. The molecule has 0 aliphatic rings. The first-order valence-corrected chi connectivity index (χ1v) is 5.23. The number of rotatable bonds is 4. The minimum absolute atomic E-state index is 0.608. The molecule has 0 radical (unpaired) electrons. The second kappa shape index (κ2) is 4.91. The van der Waals surface area contributed by atoms with Gasteiger partial charge in [0.1, 0.15) is 0 Å². The molecule has 0 bridgehead atoms. The van der Waals surface area contributed by atoms with Gasteiger partial charge in [0.2, 0.25) is 11.8 Å². The average Bonchev–Trinajstić information content (AvgIpc) is 2.18. The highest BCUT2D eigenvalue weighted by atomic mass is 32.2. The molecule has 13 heavy (non-hydrogen) atoms. The van der Waals surface area contributed by atoms with E-state index in [1.165, 1.54) is 0 Å². The summed E-state index contributed by atoms with van der Waals surface area (Å²) in [5.74, 6) is 1.23. The second-order valence-electron chi connectivity index (χ2n) is 2.30. The highest BCUT2D eigenvalue weighted by molar-refractivity contribution is 7.98. The number of thioether (sulfide) groups is 1. The minimum atomic E-state index is 0.608. The van der Waals surface area contributed by atoms with E-state index < -0.39 is 0 Å². The molecule has 0 unspecified atom stereocenters. The maximum atomic E-state index is 5.11. The highest BCUT2D eigenvalue weighted by Gasteiger charge is 2.05. The van der Waals surface area contributed by atoms with Crippen molar-refractivity contribution < 1.29 is 4.74 Å². The lowest BCUT2D eigenvalue weighted by atomic mass is 10.6. The van der Waals surface area contributed by atoms with Crippen LogP contribution < -0.4 is 10.1 Å². The van der Waals surface area contributed by atoms with E-state index in [1.807, 2.05) is 13.2 Å². The van der Waals surface area contributed by atoms with Gasteiger partial charge in [0.25, 0.3) is 0 Å². The lowest BCUT2D eigenvalue weighted by molar-refractivity contribution is 0.386. The van der Waals surface area contributed by atoms with Crippen LogP contribution in [-0.4, -0.2) is 29.9 Å². The lowest BCUT2D eigenvalue weighted by Crippen LogP contribution is -2.03. The van der Waals surface area contributed by atoms with Crippen LogP contribution in [0.4, 0.5) is 5.95 Å². The van der Waals surface area contributed by atoms with Crippen molar-refractivity contribution in [3.8, 4) is 5.88 Å². The Bertz CT molecular complexity index is 280. The molecule has 4 nitrogen and oxygen atoms in total. The summed E-state index contributed by atoms with van der Waals surface area (Å²) in [6.45, 7) is 2.81. The van der Waals surface area contributed by atoms with Gasteiger partial charge in [-0.25, -0.2) is 4.98 Å². The summed E-state index contributed by atoms with van der Waals surface area (Å²) in [7, 11) is 1.61. The Morgan fingerprint density at radius 1 is 1.62 bits per heavy atom. The van der Waals surface area contributed by atoms with Gasteiger partial charge in [0.15, 0.2) is 0 Å². The number of ether oxygens (including phenoxy) is 1. The normalized spacial score (nSPS) is 9.77. The van der Waals surface area contributed by atoms with E-state index in [0.29, 0.717) is 11.8 Å². The number of nitrogens with zero attached hydrogens (tertiary/aromatic N) is 2. The van der Waals surface area contributed by atoms with Gasteiger partial charge < -0.3 is 10.1 Å². The Balaban J connectivity index is 2.91. The molecular weight excluding hydrogens is 186 g/mol. The minimum Gasteiger partial charge on any atom is -0.480 e. The molecule has 1 heterocycles. The van der Waals surface area contributed by atoms with Gasteiger partial charge in [-0.15, -0.1) is 11.8 Å². The zero-order chi connectivity index (χ0) is 9.68.